The number of aliphatic hydroxyl groups excluding tert-OH is 1. The van der Waals surface area contributed by atoms with Crippen molar-refractivity contribution in [3.05, 3.63) is 48.0 Å². The number of anilines is 3. The summed E-state index contributed by atoms with van der Waals surface area (Å²) in [5.74, 6) is 0.408. The molecule has 1 saturated heterocycles. The van der Waals surface area contributed by atoms with Crippen molar-refractivity contribution in [3.63, 3.8) is 0 Å². The maximum Gasteiger partial charge on any atom is 0.408 e. The number of ether oxygens (including phenoxy) is 1. The zero-order chi connectivity index (χ0) is 26.5. The van der Waals surface area contributed by atoms with Gasteiger partial charge in [0.25, 0.3) is 0 Å². The van der Waals surface area contributed by atoms with Crippen LogP contribution in [0.2, 0.25) is 0 Å². The molecule has 0 spiro atoms. The highest BCUT2D eigenvalue weighted by Gasteiger charge is 2.39. The number of cyclic esters (lactones) is 1. The van der Waals surface area contributed by atoms with Crippen LogP contribution >= 0.6 is 0 Å². The second kappa shape index (κ2) is 8.99. The van der Waals surface area contributed by atoms with Gasteiger partial charge in [-0.1, -0.05) is 0 Å². The molecule has 0 aromatic carbocycles. The van der Waals surface area contributed by atoms with E-state index in [1.165, 1.54) is 18.6 Å². The summed E-state index contributed by atoms with van der Waals surface area (Å²) in [5.41, 5.74) is 7.78. The summed E-state index contributed by atoms with van der Waals surface area (Å²) in [6, 6.07) is 4.71. The molecular weight excluding hydrogens is 491 g/mol. The third-order valence-corrected chi connectivity index (χ3v) is 6.26. The van der Waals surface area contributed by atoms with Crippen molar-refractivity contribution >= 4 is 23.3 Å². The lowest BCUT2D eigenvalue weighted by Crippen LogP contribution is -2.49. The van der Waals surface area contributed by atoms with E-state index >= 15 is 0 Å². The Bertz CT molecular complexity index is 1330. The molecule has 196 valence electrons. The Hall–Kier alpha value is -3.71. The third kappa shape index (κ3) is 5.23. The van der Waals surface area contributed by atoms with Crippen molar-refractivity contribution in [1.29, 1.82) is 0 Å². The number of carbonyl (C=O) groups is 1. The SMILES string of the molecule is CC1(C)OC(=O)c2ccc(Nc3cc(N4C[C@@H](N)C[C@H](O)C4)c(-c4cnn(CC(F)(F)F)c4)cn3)nc21. The van der Waals surface area contributed by atoms with Crippen molar-refractivity contribution in [2.24, 2.45) is 5.73 Å². The first-order valence-corrected chi connectivity index (χ1v) is 11.7. The van der Waals surface area contributed by atoms with Gasteiger partial charge < -0.3 is 25.8 Å². The summed E-state index contributed by atoms with van der Waals surface area (Å²) in [7, 11) is 0. The number of fused-ring (bicyclic) bond motifs is 1. The number of nitrogens with two attached hydrogens (primary N) is 1. The van der Waals surface area contributed by atoms with Crippen LogP contribution in [0.4, 0.5) is 30.5 Å². The van der Waals surface area contributed by atoms with Crippen LogP contribution in [0.1, 0.15) is 36.3 Å². The number of β-amino-alcohol motifs (C(OH)–C–C–N with tert-alkyl or cyclic N) is 1. The van der Waals surface area contributed by atoms with Gasteiger partial charge in [-0.3, -0.25) is 4.68 Å². The van der Waals surface area contributed by atoms with Crippen LogP contribution in [0.25, 0.3) is 11.1 Å². The van der Waals surface area contributed by atoms with Crippen LogP contribution in [-0.2, 0) is 16.9 Å². The van der Waals surface area contributed by atoms with E-state index < -0.39 is 30.4 Å². The molecule has 0 bridgehead atoms. The highest BCUT2D eigenvalue weighted by Crippen LogP contribution is 2.37. The Morgan fingerprint density at radius 2 is 2.00 bits per heavy atom. The molecule has 0 aliphatic carbocycles. The van der Waals surface area contributed by atoms with Crippen molar-refractivity contribution in [3.8, 4) is 11.1 Å². The minimum absolute atomic E-state index is 0.285. The fourth-order valence-electron chi connectivity index (χ4n) is 4.70. The van der Waals surface area contributed by atoms with Gasteiger partial charge in [0.1, 0.15) is 29.5 Å². The molecule has 5 heterocycles. The Kier molecular flexibility index (Phi) is 6.07. The summed E-state index contributed by atoms with van der Waals surface area (Å²) >= 11 is 0. The topological polar surface area (TPSA) is 131 Å². The van der Waals surface area contributed by atoms with Crippen molar-refractivity contribution in [2.45, 2.75) is 50.7 Å². The van der Waals surface area contributed by atoms with Gasteiger partial charge in [0.2, 0.25) is 0 Å². The van der Waals surface area contributed by atoms with Gasteiger partial charge in [-0.15, -0.1) is 0 Å². The van der Waals surface area contributed by atoms with Gasteiger partial charge in [-0.25, -0.2) is 14.8 Å². The average molecular weight is 518 g/mol. The molecule has 3 aromatic heterocycles. The largest absolute Gasteiger partial charge is 0.449 e. The standard InChI is InChI=1S/C24H26F3N7O3/c1-23(2)21-16(22(36)37-23)3-4-19(32-21)31-20-6-18(33-10-14(28)5-15(35)11-33)17(8-29-20)13-7-30-34(9-13)12-24(25,26)27/h3-4,6-9,14-15,35H,5,10-12,28H2,1-2H3,(H,29,31,32)/t14-,15-/m0/s1. The van der Waals surface area contributed by atoms with E-state index in [9.17, 15) is 23.1 Å². The summed E-state index contributed by atoms with van der Waals surface area (Å²) in [6.45, 7) is 3.03. The Labute approximate surface area is 210 Å². The number of hydrogen-bond donors (Lipinski definition) is 3. The minimum Gasteiger partial charge on any atom is -0.449 e. The number of nitrogens with one attached hydrogen (secondary N) is 1. The van der Waals surface area contributed by atoms with E-state index in [-0.39, 0.29) is 6.04 Å². The molecule has 4 N–H and O–H groups in total. The monoisotopic (exact) mass is 517 g/mol. The highest BCUT2D eigenvalue weighted by atomic mass is 19.4. The van der Waals surface area contributed by atoms with Gasteiger partial charge in [0, 0.05) is 48.7 Å². The first-order valence-electron chi connectivity index (χ1n) is 11.7. The number of piperidine rings is 1. The second-order valence-electron chi connectivity index (χ2n) is 9.80. The average Bonchev–Trinajstić information content (AvgIpc) is 3.33. The summed E-state index contributed by atoms with van der Waals surface area (Å²) in [4.78, 5) is 22.9. The summed E-state index contributed by atoms with van der Waals surface area (Å²) in [5, 5.41) is 17.3. The molecule has 0 saturated carbocycles. The molecule has 10 nitrogen and oxygen atoms in total. The van der Waals surface area contributed by atoms with E-state index in [2.05, 4.69) is 20.4 Å². The molecule has 2 aliphatic heterocycles. The van der Waals surface area contributed by atoms with E-state index in [0.717, 1.165) is 4.68 Å². The zero-order valence-electron chi connectivity index (χ0n) is 20.2. The molecule has 0 radical (unpaired) electrons. The number of nitrogens with zero attached hydrogens (tertiary/aromatic N) is 5. The predicted octanol–water partition coefficient (Wildman–Crippen LogP) is 2.95. The van der Waals surface area contributed by atoms with Crippen molar-refractivity contribution < 1.29 is 27.8 Å². The van der Waals surface area contributed by atoms with Crippen LogP contribution in [0, 0.1) is 0 Å². The first-order chi connectivity index (χ1) is 17.4. The Balaban J connectivity index is 1.50. The highest BCUT2D eigenvalue weighted by molar-refractivity contribution is 5.94. The lowest BCUT2D eigenvalue weighted by atomic mass is 10.0. The number of alkyl halides is 3. The molecule has 5 rings (SSSR count). The number of esters is 1. The zero-order valence-corrected chi connectivity index (χ0v) is 20.2. The van der Waals surface area contributed by atoms with Gasteiger partial charge in [-0.2, -0.15) is 18.3 Å². The van der Waals surface area contributed by atoms with Gasteiger partial charge >= 0.3 is 12.1 Å². The fraction of sp³-hybridized carbons (Fsp3) is 0.417. The van der Waals surface area contributed by atoms with Crippen LogP contribution in [0.15, 0.2) is 36.8 Å². The van der Waals surface area contributed by atoms with Crippen LogP contribution < -0.4 is 16.0 Å². The van der Waals surface area contributed by atoms with Gasteiger partial charge in [-0.05, 0) is 32.4 Å². The fourth-order valence-corrected chi connectivity index (χ4v) is 4.70. The molecule has 0 amide bonds. The van der Waals surface area contributed by atoms with Crippen LogP contribution in [0.5, 0.6) is 0 Å². The van der Waals surface area contributed by atoms with E-state index in [1.807, 2.05) is 4.90 Å². The smallest absolute Gasteiger partial charge is 0.408 e. The molecular formula is C24H26F3N7O3. The number of carbonyl (C=O) groups excluding carboxylic acids is 1. The maximum absolute atomic E-state index is 12.9. The third-order valence-electron chi connectivity index (χ3n) is 6.26. The van der Waals surface area contributed by atoms with E-state index in [1.54, 1.807) is 32.0 Å². The molecule has 37 heavy (non-hydrogen) atoms. The molecule has 3 aromatic rings. The maximum atomic E-state index is 12.9. The number of pyridine rings is 2. The molecule has 2 atom stereocenters. The molecule has 13 heteroatoms. The predicted molar refractivity (Wildman–Crippen MR) is 128 cm³/mol. The molecule has 0 unspecified atom stereocenters. The molecule has 2 aliphatic rings. The lowest BCUT2D eigenvalue weighted by molar-refractivity contribution is -0.142. The Morgan fingerprint density at radius 1 is 1.22 bits per heavy atom. The van der Waals surface area contributed by atoms with Crippen molar-refractivity contribution in [2.75, 3.05) is 23.3 Å². The quantitative estimate of drug-likeness (QED) is 0.437. The number of halogens is 3. The minimum atomic E-state index is -4.41. The summed E-state index contributed by atoms with van der Waals surface area (Å²) < 4.78 is 44.8. The van der Waals surface area contributed by atoms with Crippen LogP contribution in [-0.4, -0.2) is 62.2 Å². The number of rotatable bonds is 5. The van der Waals surface area contributed by atoms with Gasteiger partial charge in [0.15, 0.2) is 0 Å². The first kappa shape index (κ1) is 25.0. The van der Waals surface area contributed by atoms with Crippen LogP contribution in [0.3, 0.4) is 0 Å². The lowest BCUT2D eigenvalue weighted by Gasteiger charge is -2.36. The number of aromatic nitrogens is 4. The molecule has 1 fully saturated rings. The van der Waals surface area contributed by atoms with Crippen molar-refractivity contribution in [1.82, 2.24) is 19.7 Å². The second-order valence-corrected chi connectivity index (χ2v) is 9.80. The van der Waals surface area contributed by atoms with Gasteiger partial charge in [0.05, 0.1) is 23.6 Å². The summed E-state index contributed by atoms with van der Waals surface area (Å²) in [6.07, 6.45) is -0.435. The number of aliphatic hydroxyl groups is 1. The normalized spacial score (nSPS) is 21.1. The van der Waals surface area contributed by atoms with E-state index in [0.29, 0.717) is 59.2 Å². The van der Waals surface area contributed by atoms with E-state index in [4.69, 9.17) is 10.5 Å². The Morgan fingerprint density at radius 3 is 2.73 bits per heavy atom. The number of hydrogen-bond acceptors (Lipinski definition) is 9.